The van der Waals surface area contributed by atoms with Crippen molar-refractivity contribution in [3.8, 4) is 11.5 Å². The molecule has 3 aromatic rings. The van der Waals surface area contributed by atoms with E-state index in [1.165, 1.54) is 6.07 Å². The number of benzene rings is 3. The number of phenolic OH excluding ortho intramolecular Hbond substituents is 2. The minimum atomic E-state index is -0.371. The number of hydrogen-bond donors (Lipinski definition) is 2. The van der Waals surface area contributed by atoms with Gasteiger partial charge in [-0.25, -0.2) is 0 Å². The number of carbonyl (C=O) groups excluding carboxylic acids is 2. The van der Waals surface area contributed by atoms with Gasteiger partial charge in [-0.1, -0.05) is 60.7 Å². The first-order valence-corrected chi connectivity index (χ1v) is 8.56. The molecule has 0 atom stereocenters. The average molecular weight is 359 g/mol. The van der Waals surface area contributed by atoms with Crippen LogP contribution in [0.3, 0.4) is 0 Å². The highest BCUT2D eigenvalue weighted by Gasteiger charge is 2.31. The van der Waals surface area contributed by atoms with Gasteiger partial charge in [-0.05, 0) is 17.2 Å². The second-order valence-electron chi connectivity index (χ2n) is 6.52. The molecule has 2 N–H and O–H groups in total. The third-order valence-corrected chi connectivity index (χ3v) is 4.73. The smallest absolute Gasteiger partial charge is 0.258 e. The molecule has 0 aliphatic carbocycles. The summed E-state index contributed by atoms with van der Waals surface area (Å²) in [4.78, 5) is 26.6. The van der Waals surface area contributed by atoms with Crippen molar-refractivity contribution in [1.29, 1.82) is 0 Å². The van der Waals surface area contributed by atoms with E-state index in [9.17, 15) is 19.8 Å². The zero-order valence-electron chi connectivity index (χ0n) is 14.4. The standard InChI is InChI=1S/C22H17NO4/c24-18-11-10-17-13-23(22(27)19(17)21(18)26)12-14-6-8-16(9-7-14)20(25)15-4-2-1-3-5-15/h1-11,24,26H,12-13H2. The quantitative estimate of drug-likeness (QED) is 0.552. The Kier molecular flexibility index (Phi) is 4.12. The lowest BCUT2D eigenvalue weighted by Gasteiger charge is -2.16. The maximum Gasteiger partial charge on any atom is 0.258 e. The van der Waals surface area contributed by atoms with Gasteiger partial charge in [0.1, 0.15) is 0 Å². The second kappa shape index (κ2) is 6.61. The number of aromatic hydroxyl groups is 2. The van der Waals surface area contributed by atoms with Crippen molar-refractivity contribution < 1.29 is 19.8 Å². The van der Waals surface area contributed by atoms with Crippen LogP contribution in [0, 0.1) is 0 Å². The Balaban J connectivity index is 1.51. The van der Waals surface area contributed by atoms with Crippen LogP contribution in [0.5, 0.6) is 11.5 Å². The first-order chi connectivity index (χ1) is 13.0. The second-order valence-corrected chi connectivity index (χ2v) is 6.52. The minimum Gasteiger partial charge on any atom is -0.504 e. The largest absolute Gasteiger partial charge is 0.504 e. The van der Waals surface area contributed by atoms with Crippen LogP contribution in [-0.4, -0.2) is 26.8 Å². The van der Waals surface area contributed by atoms with Crippen LogP contribution in [0.25, 0.3) is 0 Å². The van der Waals surface area contributed by atoms with Crippen LogP contribution >= 0.6 is 0 Å². The van der Waals surface area contributed by atoms with Crippen LogP contribution < -0.4 is 0 Å². The predicted molar refractivity (Wildman–Crippen MR) is 99.7 cm³/mol. The normalized spacial score (nSPS) is 12.9. The Bertz CT molecular complexity index is 1030. The van der Waals surface area contributed by atoms with E-state index in [2.05, 4.69) is 0 Å². The number of rotatable bonds is 4. The molecule has 5 nitrogen and oxygen atoms in total. The fourth-order valence-electron chi connectivity index (χ4n) is 3.29. The van der Waals surface area contributed by atoms with E-state index in [4.69, 9.17) is 0 Å². The van der Waals surface area contributed by atoms with E-state index < -0.39 is 0 Å². The number of amides is 1. The summed E-state index contributed by atoms with van der Waals surface area (Å²) in [6.07, 6.45) is 0. The first-order valence-electron chi connectivity index (χ1n) is 8.56. The van der Waals surface area contributed by atoms with Crippen molar-refractivity contribution >= 4 is 11.7 Å². The average Bonchev–Trinajstić information content (AvgIpc) is 3.01. The van der Waals surface area contributed by atoms with E-state index >= 15 is 0 Å². The third-order valence-electron chi connectivity index (χ3n) is 4.73. The van der Waals surface area contributed by atoms with Crippen molar-refractivity contribution in [2.24, 2.45) is 0 Å². The summed E-state index contributed by atoms with van der Waals surface area (Å²) >= 11 is 0. The molecule has 1 aliphatic heterocycles. The Morgan fingerprint density at radius 3 is 2.26 bits per heavy atom. The Morgan fingerprint density at radius 2 is 1.56 bits per heavy atom. The molecule has 1 heterocycles. The summed E-state index contributed by atoms with van der Waals surface area (Å²) in [5.41, 5.74) is 2.94. The number of fused-ring (bicyclic) bond motifs is 1. The molecular formula is C22H17NO4. The summed E-state index contributed by atoms with van der Waals surface area (Å²) in [5.74, 6) is -1.04. The van der Waals surface area contributed by atoms with Crippen LogP contribution in [0.2, 0.25) is 0 Å². The zero-order chi connectivity index (χ0) is 19.0. The molecule has 1 amide bonds. The van der Waals surface area contributed by atoms with Gasteiger partial charge in [-0.15, -0.1) is 0 Å². The lowest BCUT2D eigenvalue weighted by Crippen LogP contribution is -2.23. The van der Waals surface area contributed by atoms with E-state index in [1.54, 1.807) is 35.2 Å². The van der Waals surface area contributed by atoms with Gasteiger partial charge < -0.3 is 15.1 Å². The van der Waals surface area contributed by atoms with Gasteiger partial charge in [0.05, 0.1) is 5.56 Å². The van der Waals surface area contributed by atoms with Crippen LogP contribution in [0.15, 0.2) is 66.7 Å². The molecule has 0 aromatic heterocycles. The molecule has 134 valence electrons. The highest BCUT2D eigenvalue weighted by atomic mass is 16.3. The third kappa shape index (κ3) is 3.04. The molecule has 27 heavy (non-hydrogen) atoms. The summed E-state index contributed by atoms with van der Waals surface area (Å²) in [6, 6.07) is 19.2. The van der Waals surface area contributed by atoms with Crippen molar-refractivity contribution in [3.63, 3.8) is 0 Å². The molecule has 5 heteroatoms. The SMILES string of the molecule is O=C(c1ccccc1)c1ccc(CN2Cc3ccc(O)c(O)c3C2=O)cc1. The van der Waals surface area contributed by atoms with Crippen molar-refractivity contribution in [2.75, 3.05) is 0 Å². The highest BCUT2D eigenvalue weighted by Crippen LogP contribution is 2.37. The molecular weight excluding hydrogens is 342 g/mol. The molecule has 0 radical (unpaired) electrons. The van der Waals surface area contributed by atoms with Gasteiger partial charge in [0.2, 0.25) is 0 Å². The van der Waals surface area contributed by atoms with Gasteiger partial charge in [0.25, 0.3) is 5.91 Å². The van der Waals surface area contributed by atoms with Crippen LogP contribution in [-0.2, 0) is 13.1 Å². The van der Waals surface area contributed by atoms with Gasteiger partial charge in [0.15, 0.2) is 17.3 Å². The molecule has 0 unspecified atom stereocenters. The van der Waals surface area contributed by atoms with Crippen molar-refractivity contribution in [2.45, 2.75) is 13.1 Å². The lowest BCUT2D eigenvalue weighted by molar-refractivity contribution is 0.0764. The molecule has 0 bridgehead atoms. The van der Waals surface area contributed by atoms with Crippen LogP contribution in [0.1, 0.15) is 37.4 Å². The Labute approximate surface area is 156 Å². The number of hydrogen-bond acceptors (Lipinski definition) is 4. The van der Waals surface area contributed by atoms with E-state index in [0.29, 0.717) is 29.8 Å². The van der Waals surface area contributed by atoms with Gasteiger partial charge >= 0.3 is 0 Å². The van der Waals surface area contributed by atoms with Crippen LogP contribution in [0.4, 0.5) is 0 Å². The molecule has 0 saturated heterocycles. The number of nitrogens with zero attached hydrogens (tertiary/aromatic N) is 1. The molecule has 0 fully saturated rings. The summed E-state index contributed by atoms with van der Waals surface area (Å²) in [6.45, 7) is 0.722. The topological polar surface area (TPSA) is 77.8 Å². The molecule has 3 aromatic carbocycles. The highest BCUT2D eigenvalue weighted by molar-refractivity contribution is 6.09. The van der Waals surface area contributed by atoms with Gasteiger partial charge in [-0.3, -0.25) is 9.59 Å². The maximum absolute atomic E-state index is 12.5. The van der Waals surface area contributed by atoms with E-state index in [-0.39, 0.29) is 28.8 Å². The lowest BCUT2D eigenvalue weighted by atomic mass is 10.0. The number of carbonyl (C=O) groups is 2. The maximum atomic E-state index is 12.5. The molecule has 0 saturated carbocycles. The number of ketones is 1. The van der Waals surface area contributed by atoms with Crippen molar-refractivity contribution in [3.05, 3.63) is 94.5 Å². The molecule has 0 spiro atoms. The summed E-state index contributed by atoms with van der Waals surface area (Å²) in [7, 11) is 0. The van der Waals surface area contributed by atoms with Gasteiger partial charge in [-0.2, -0.15) is 0 Å². The monoisotopic (exact) mass is 359 g/mol. The molecule has 4 rings (SSSR count). The first kappa shape index (κ1) is 16.8. The van der Waals surface area contributed by atoms with Crippen molar-refractivity contribution in [1.82, 2.24) is 4.90 Å². The zero-order valence-corrected chi connectivity index (χ0v) is 14.4. The number of phenols is 2. The Hall–Kier alpha value is -3.60. The van der Waals surface area contributed by atoms with Gasteiger partial charge in [0, 0.05) is 24.2 Å². The molecule has 1 aliphatic rings. The Morgan fingerprint density at radius 1 is 0.889 bits per heavy atom. The van der Waals surface area contributed by atoms with E-state index in [0.717, 1.165) is 5.56 Å². The fraction of sp³-hybridized carbons (Fsp3) is 0.0909. The fourth-order valence-corrected chi connectivity index (χ4v) is 3.29. The van der Waals surface area contributed by atoms with E-state index in [1.807, 2.05) is 30.3 Å². The summed E-state index contributed by atoms with van der Waals surface area (Å²) in [5, 5.41) is 19.5. The predicted octanol–water partition coefficient (Wildman–Crippen LogP) is 3.48. The minimum absolute atomic E-state index is 0.0489. The summed E-state index contributed by atoms with van der Waals surface area (Å²) < 4.78 is 0.